The first-order valence-electron chi connectivity index (χ1n) is 14.5. The van der Waals surface area contributed by atoms with Crippen molar-refractivity contribution in [1.82, 2.24) is 39.0 Å². The van der Waals surface area contributed by atoms with Gasteiger partial charge in [0.05, 0.1) is 39.1 Å². The van der Waals surface area contributed by atoms with Crippen LogP contribution in [0.1, 0.15) is 12.5 Å². The lowest BCUT2D eigenvalue weighted by Crippen LogP contribution is -2.39. The number of nitrogen functional groups attached to an aromatic ring is 2. The first kappa shape index (κ1) is 36.3. The average molecular weight is 751 g/mol. The fraction of sp³-hybridized carbons (Fsp3) is 0.565. The van der Waals surface area contributed by atoms with E-state index in [2.05, 4.69) is 34.4 Å². The summed E-state index contributed by atoms with van der Waals surface area (Å²) in [5.74, 6) is -0.216. The number of phosphoric ester groups is 2. The van der Waals surface area contributed by atoms with Crippen molar-refractivity contribution in [3.05, 3.63) is 29.3 Å². The zero-order valence-corrected chi connectivity index (χ0v) is 27.5. The number of aromatic nitrogens is 8. The Bertz CT molecular complexity index is 1990. The normalized spacial score (nSPS) is 28.5. The van der Waals surface area contributed by atoms with Crippen LogP contribution in [0.3, 0.4) is 0 Å². The summed E-state index contributed by atoms with van der Waals surface area (Å²) in [6, 6.07) is 0. The molecule has 2 saturated heterocycles. The van der Waals surface area contributed by atoms with Gasteiger partial charge in [0.2, 0.25) is 5.95 Å². The van der Waals surface area contributed by atoms with Gasteiger partial charge in [-0.1, -0.05) is 0 Å². The van der Waals surface area contributed by atoms with E-state index in [4.69, 9.17) is 39.5 Å². The van der Waals surface area contributed by atoms with Crippen molar-refractivity contribution in [2.24, 2.45) is 0 Å². The molecule has 0 spiro atoms. The van der Waals surface area contributed by atoms with Crippen molar-refractivity contribution < 1.29 is 66.5 Å². The molecular weight excluding hydrogens is 718 g/mol. The van der Waals surface area contributed by atoms with Gasteiger partial charge in [0.1, 0.15) is 48.5 Å². The second kappa shape index (κ2) is 14.2. The van der Waals surface area contributed by atoms with Crippen molar-refractivity contribution in [3.63, 3.8) is 0 Å². The Hall–Kier alpha value is -3.52. The van der Waals surface area contributed by atoms with Crippen LogP contribution >= 0.6 is 15.6 Å². The molecule has 4 aromatic rings. The summed E-state index contributed by atoms with van der Waals surface area (Å²) in [7, 11) is -8.86. The molecule has 2 aliphatic heterocycles. The van der Waals surface area contributed by atoms with Crippen LogP contribution in [0.5, 0.6) is 0 Å². The summed E-state index contributed by atoms with van der Waals surface area (Å²) in [4.78, 5) is 64.2. The lowest BCUT2D eigenvalue weighted by atomic mass is 10.1. The molecule has 274 valence electrons. The van der Waals surface area contributed by atoms with Crippen LogP contribution in [-0.2, 0) is 41.6 Å². The molecule has 2 fully saturated rings. The number of hydrogen-bond donors (Lipinski definition) is 8. The van der Waals surface area contributed by atoms with Gasteiger partial charge in [-0.15, -0.1) is 0 Å². The molecule has 9 atom stereocenters. The Morgan fingerprint density at radius 1 is 0.880 bits per heavy atom. The third-order valence-corrected chi connectivity index (χ3v) is 9.14. The minimum Gasteiger partial charge on any atom is -0.387 e. The number of aromatic amines is 1. The number of fused-ring (bicyclic) bond motifs is 2. The molecule has 0 bridgehead atoms. The van der Waals surface area contributed by atoms with E-state index in [0.29, 0.717) is 0 Å². The fourth-order valence-electron chi connectivity index (χ4n) is 5.44. The van der Waals surface area contributed by atoms with E-state index in [-0.39, 0.29) is 47.3 Å². The van der Waals surface area contributed by atoms with Crippen LogP contribution in [0.25, 0.3) is 22.3 Å². The third kappa shape index (κ3) is 7.42. The summed E-state index contributed by atoms with van der Waals surface area (Å²) in [6.45, 7) is -1.73. The van der Waals surface area contributed by atoms with Gasteiger partial charge in [0.25, 0.3) is 5.56 Å². The minimum atomic E-state index is -5.19. The standard InChI is InChI=1S/C23H32N10O15P2/c1-42-2-3-43-16-15(10(5-44-49(37,38)39)47-22(16)32-7-28-11-17(24)26-6-27-18(11)32)48-50(40,41)45-4-9-13(34)14(35)21(46-9)33-8-29-12-19(33)30-23(25)31-20(12)36/h6-10,13-16,21-22,34-35H,2-5H2,1H3,(H,40,41)(H2,24,26,27)(H2,37,38,39)(H3,25,30,31,36)/t9-,10-,13-,14-,15-,16-,21-,22-/m1/s1. The Labute approximate surface area is 278 Å². The maximum atomic E-state index is 13.4. The smallest absolute Gasteiger partial charge is 0.387 e. The highest BCUT2D eigenvalue weighted by Gasteiger charge is 2.52. The van der Waals surface area contributed by atoms with Gasteiger partial charge < -0.3 is 55.3 Å². The van der Waals surface area contributed by atoms with Crippen molar-refractivity contribution in [2.75, 3.05) is 45.0 Å². The number of rotatable bonds is 14. The highest BCUT2D eigenvalue weighted by molar-refractivity contribution is 7.47. The Morgan fingerprint density at radius 2 is 1.56 bits per heavy atom. The van der Waals surface area contributed by atoms with Crippen molar-refractivity contribution in [3.8, 4) is 0 Å². The number of aliphatic hydroxyl groups excluding tert-OH is 2. The lowest BCUT2D eigenvalue weighted by Gasteiger charge is -2.27. The van der Waals surface area contributed by atoms with Crippen molar-refractivity contribution in [2.45, 2.75) is 49.1 Å². The van der Waals surface area contributed by atoms with Crippen molar-refractivity contribution in [1.29, 1.82) is 0 Å². The Morgan fingerprint density at radius 3 is 2.28 bits per heavy atom. The minimum absolute atomic E-state index is 0.0324. The number of H-pyrrole nitrogens is 1. The van der Waals surface area contributed by atoms with Crippen LogP contribution in [0.4, 0.5) is 11.8 Å². The Balaban J connectivity index is 1.22. The molecule has 0 saturated carbocycles. The van der Waals surface area contributed by atoms with Crippen LogP contribution < -0.4 is 17.0 Å². The van der Waals surface area contributed by atoms with Crippen LogP contribution in [0, 0.1) is 0 Å². The molecule has 1 unspecified atom stereocenters. The Kier molecular flexibility index (Phi) is 10.3. The summed E-state index contributed by atoms with van der Waals surface area (Å²) >= 11 is 0. The SMILES string of the molecule is COCCO[C@@H]1[C@H](OP(=O)(O)OC[C@H]2O[C@@H](n3cnc4c(=O)[nH]c(N)nc43)[C@H](O)[C@@H]2O)[C@@H](COP(=O)(O)O)O[C@H]1n1cnc2c(N)ncnc21. The van der Waals surface area contributed by atoms with Gasteiger partial charge >= 0.3 is 15.6 Å². The number of phosphoric acid groups is 2. The molecule has 0 aromatic carbocycles. The number of aliphatic hydroxyl groups is 2. The van der Waals surface area contributed by atoms with E-state index in [0.717, 1.165) is 17.2 Å². The van der Waals surface area contributed by atoms with Gasteiger partial charge in [-0.2, -0.15) is 4.98 Å². The molecule has 6 rings (SSSR count). The summed E-state index contributed by atoms with van der Waals surface area (Å²) in [5.41, 5.74) is 11.0. The molecule has 25 nitrogen and oxygen atoms in total. The molecule has 50 heavy (non-hydrogen) atoms. The summed E-state index contributed by atoms with van der Waals surface area (Å²) in [6.07, 6.45) is -8.25. The average Bonchev–Trinajstić information content (AvgIpc) is 3.80. The topological polar surface area (TPSA) is 359 Å². The van der Waals surface area contributed by atoms with E-state index in [1.54, 1.807) is 0 Å². The van der Waals surface area contributed by atoms with E-state index >= 15 is 0 Å². The molecule has 2 aliphatic rings. The molecule has 4 aromatic heterocycles. The molecule has 6 heterocycles. The number of ether oxygens (including phenoxy) is 4. The maximum Gasteiger partial charge on any atom is 0.472 e. The first-order valence-corrected chi connectivity index (χ1v) is 17.5. The lowest BCUT2D eigenvalue weighted by molar-refractivity contribution is -0.0794. The zero-order valence-electron chi connectivity index (χ0n) is 25.7. The number of nitrogens with two attached hydrogens (primary N) is 2. The van der Waals surface area contributed by atoms with Gasteiger partial charge in [-0.05, 0) is 0 Å². The fourth-order valence-corrected chi connectivity index (χ4v) is 6.74. The number of hydrogen-bond acceptors (Lipinski definition) is 19. The molecule has 10 N–H and O–H groups in total. The molecule has 0 aliphatic carbocycles. The van der Waals surface area contributed by atoms with Gasteiger partial charge in [-0.3, -0.25) is 32.5 Å². The molecular formula is C23H32N10O15P2. The van der Waals surface area contributed by atoms with Crippen LogP contribution in [-0.4, -0.2) is 134 Å². The monoisotopic (exact) mass is 750 g/mol. The van der Waals surface area contributed by atoms with E-state index in [9.17, 15) is 38.8 Å². The number of nitrogens with one attached hydrogen (secondary N) is 1. The molecule has 0 radical (unpaired) electrons. The number of anilines is 2. The number of methoxy groups -OCH3 is 1. The van der Waals surface area contributed by atoms with E-state index < -0.39 is 83.5 Å². The van der Waals surface area contributed by atoms with Gasteiger partial charge in [0.15, 0.2) is 35.1 Å². The van der Waals surface area contributed by atoms with Crippen molar-refractivity contribution >= 4 is 49.7 Å². The first-order chi connectivity index (χ1) is 23.7. The second-order valence-corrected chi connectivity index (χ2v) is 13.6. The zero-order chi connectivity index (χ0) is 36.0. The predicted molar refractivity (Wildman–Crippen MR) is 162 cm³/mol. The van der Waals surface area contributed by atoms with Gasteiger partial charge in [-0.25, -0.2) is 29.1 Å². The number of imidazole rings is 2. The number of nitrogens with zero attached hydrogens (tertiary/aromatic N) is 7. The van der Waals surface area contributed by atoms with Crippen LogP contribution in [0.2, 0.25) is 0 Å². The quantitative estimate of drug-likeness (QED) is 0.0479. The summed E-state index contributed by atoms with van der Waals surface area (Å²) < 4.78 is 65.4. The highest BCUT2D eigenvalue weighted by atomic mass is 31.2. The second-order valence-electron chi connectivity index (χ2n) is 10.9. The predicted octanol–water partition coefficient (Wildman–Crippen LogP) is -2.72. The molecule has 27 heteroatoms. The summed E-state index contributed by atoms with van der Waals surface area (Å²) in [5, 5.41) is 21.4. The highest BCUT2D eigenvalue weighted by Crippen LogP contribution is 2.50. The van der Waals surface area contributed by atoms with Crippen LogP contribution in [0.15, 0.2) is 23.8 Å². The van der Waals surface area contributed by atoms with E-state index in [1.165, 1.54) is 18.0 Å². The largest absolute Gasteiger partial charge is 0.472 e. The van der Waals surface area contributed by atoms with Gasteiger partial charge in [0, 0.05) is 7.11 Å². The molecule has 0 amide bonds. The maximum absolute atomic E-state index is 13.4. The third-order valence-electron chi connectivity index (χ3n) is 7.67. The van der Waals surface area contributed by atoms with E-state index in [1.807, 2.05) is 0 Å².